The summed E-state index contributed by atoms with van der Waals surface area (Å²) in [5.74, 6) is -0.186. The van der Waals surface area contributed by atoms with Crippen molar-refractivity contribution in [2.24, 2.45) is 5.92 Å². The average Bonchev–Trinajstić information content (AvgIpc) is 3.02. The summed E-state index contributed by atoms with van der Waals surface area (Å²) < 4.78 is 5.18. The quantitative estimate of drug-likeness (QED) is 0.543. The van der Waals surface area contributed by atoms with Crippen LogP contribution in [0.1, 0.15) is 42.4 Å². The molecule has 0 aromatic carbocycles. The molecule has 0 bridgehead atoms. The van der Waals surface area contributed by atoms with E-state index in [2.05, 4.69) is 29.5 Å². The molecule has 2 heterocycles. The first-order valence-corrected chi connectivity index (χ1v) is 11.1. The Kier molecular flexibility index (Phi) is 9.14. The molecule has 0 aliphatic heterocycles. The van der Waals surface area contributed by atoms with Gasteiger partial charge in [0.2, 0.25) is 11.8 Å². The minimum atomic E-state index is -0.437. The lowest BCUT2D eigenvalue weighted by Gasteiger charge is -2.16. The zero-order valence-corrected chi connectivity index (χ0v) is 19.5. The van der Waals surface area contributed by atoms with Crippen LogP contribution in [0.15, 0.2) is 23.6 Å². The molecule has 8 nitrogen and oxygen atoms in total. The van der Waals surface area contributed by atoms with Crippen LogP contribution in [0.4, 0.5) is 10.8 Å². The van der Waals surface area contributed by atoms with Gasteiger partial charge in [-0.3, -0.25) is 14.5 Å². The third kappa shape index (κ3) is 7.76. The number of amides is 2. The van der Waals surface area contributed by atoms with E-state index in [9.17, 15) is 14.4 Å². The molecule has 168 valence electrons. The SMILES string of the molecule is CCOC(=O)c1c(CC(C)C)csc1NC(=O)CN(C)CC(=O)Nc1cccc(C)n1. The van der Waals surface area contributed by atoms with E-state index in [4.69, 9.17) is 4.74 Å². The zero-order chi connectivity index (χ0) is 23.0. The predicted octanol–water partition coefficient (Wildman–Crippen LogP) is 3.34. The molecule has 0 saturated heterocycles. The van der Waals surface area contributed by atoms with Gasteiger partial charge in [0, 0.05) is 5.69 Å². The zero-order valence-electron chi connectivity index (χ0n) is 18.7. The summed E-state index contributed by atoms with van der Waals surface area (Å²) in [7, 11) is 1.67. The number of pyridine rings is 1. The number of aromatic nitrogens is 1. The summed E-state index contributed by atoms with van der Waals surface area (Å²) in [6, 6.07) is 5.36. The van der Waals surface area contributed by atoms with Gasteiger partial charge in [-0.05, 0) is 56.3 Å². The Balaban J connectivity index is 1.97. The van der Waals surface area contributed by atoms with Crippen LogP contribution < -0.4 is 10.6 Å². The van der Waals surface area contributed by atoms with Crippen molar-refractivity contribution >= 4 is 39.9 Å². The number of carbonyl (C=O) groups is 3. The summed E-state index contributed by atoms with van der Waals surface area (Å²) in [4.78, 5) is 43.0. The topological polar surface area (TPSA) is 101 Å². The number of anilines is 2. The van der Waals surface area contributed by atoms with E-state index in [1.54, 1.807) is 24.9 Å². The summed E-state index contributed by atoms with van der Waals surface area (Å²) >= 11 is 1.31. The number of carbonyl (C=O) groups excluding carboxylic acids is 3. The van der Waals surface area contributed by atoms with Crippen molar-refractivity contribution < 1.29 is 19.1 Å². The molecule has 0 saturated carbocycles. The largest absolute Gasteiger partial charge is 0.462 e. The van der Waals surface area contributed by atoms with Crippen molar-refractivity contribution in [2.75, 3.05) is 37.4 Å². The molecule has 0 aliphatic carbocycles. The molecule has 2 amide bonds. The van der Waals surface area contributed by atoms with E-state index in [0.717, 1.165) is 11.3 Å². The third-order valence-electron chi connectivity index (χ3n) is 4.21. The number of nitrogens with one attached hydrogen (secondary N) is 2. The second-order valence-corrected chi connectivity index (χ2v) is 8.60. The fraction of sp³-hybridized carbons (Fsp3) is 0.455. The fourth-order valence-corrected chi connectivity index (χ4v) is 3.99. The number of nitrogens with zero attached hydrogens (tertiary/aromatic N) is 2. The Labute approximate surface area is 187 Å². The maximum atomic E-state index is 12.5. The van der Waals surface area contributed by atoms with Crippen molar-refractivity contribution in [1.29, 1.82) is 0 Å². The van der Waals surface area contributed by atoms with Crippen LogP contribution in [0.3, 0.4) is 0 Å². The summed E-state index contributed by atoms with van der Waals surface area (Å²) in [6.07, 6.45) is 0.716. The smallest absolute Gasteiger partial charge is 0.341 e. The van der Waals surface area contributed by atoms with E-state index in [-0.39, 0.29) is 31.5 Å². The van der Waals surface area contributed by atoms with Gasteiger partial charge in [0.15, 0.2) is 0 Å². The normalized spacial score (nSPS) is 10.9. The third-order valence-corrected chi connectivity index (χ3v) is 5.16. The monoisotopic (exact) mass is 446 g/mol. The molecule has 9 heteroatoms. The number of hydrogen-bond acceptors (Lipinski definition) is 7. The number of aryl methyl sites for hydroxylation is 1. The molecule has 2 rings (SSSR count). The van der Waals surface area contributed by atoms with Crippen molar-refractivity contribution in [2.45, 2.75) is 34.1 Å². The molecule has 2 aromatic rings. The molecule has 0 radical (unpaired) electrons. The van der Waals surface area contributed by atoms with Gasteiger partial charge in [-0.1, -0.05) is 19.9 Å². The molecule has 2 aromatic heterocycles. The highest BCUT2D eigenvalue weighted by atomic mass is 32.1. The van der Waals surface area contributed by atoms with Crippen LogP contribution in [0.25, 0.3) is 0 Å². The maximum absolute atomic E-state index is 12.5. The number of ether oxygens (including phenoxy) is 1. The summed E-state index contributed by atoms with van der Waals surface area (Å²) in [5.41, 5.74) is 2.09. The van der Waals surface area contributed by atoms with Crippen LogP contribution in [0.5, 0.6) is 0 Å². The Hall–Kier alpha value is -2.78. The van der Waals surface area contributed by atoms with Gasteiger partial charge < -0.3 is 15.4 Å². The Morgan fingerprint density at radius 1 is 1.16 bits per heavy atom. The number of thiophene rings is 1. The van der Waals surface area contributed by atoms with Crippen LogP contribution in [-0.2, 0) is 20.7 Å². The van der Waals surface area contributed by atoms with Crippen molar-refractivity contribution in [1.82, 2.24) is 9.88 Å². The predicted molar refractivity (Wildman–Crippen MR) is 123 cm³/mol. The molecule has 2 N–H and O–H groups in total. The van der Waals surface area contributed by atoms with Gasteiger partial charge in [0.25, 0.3) is 0 Å². The molecule has 0 atom stereocenters. The van der Waals surface area contributed by atoms with Gasteiger partial charge >= 0.3 is 5.97 Å². The first-order chi connectivity index (χ1) is 14.7. The minimum absolute atomic E-state index is 0.00561. The van der Waals surface area contributed by atoms with Crippen molar-refractivity contribution in [3.8, 4) is 0 Å². The lowest BCUT2D eigenvalue weighted by Crippen LogP contribution is -2.36. The van der Waals surface area contributed by atoms with E-state index >= 15 is 0 Å². The Bertz CT molecular complexity index is 926. The number of esters is 1. The highest BCUT2D eigenvalue weighted by Crippen LogP contribution is 2.31. The van der Waals surface area contributed by atoms with Gasteiger partial charge in [-0.2, -0.15) is 0 Å². The van der Waals surface area contributed by atoms with E-state index in [0.29, 0.717) is 28.7 Å². The van der Waals surface area contributed by atoms with Crippen LogP contribution in [0, 0.1) is 12.8 Å². The maximum Gasteiger partial charge on any atom is 0.341 e. The van der Waals surface area contributed by atoms with Gasteiger partial charge in [0.05, 0.1) is 25.3 Å². The van der Waals surface area contributed by atoms with E-state index in [1.807, 2.05) is 24.4 Å². The van der Waals surface area contributed by atoms with Crippen molar-refractivity contribution in [3.63, 3.8) is 0 Å². The molecule has 0 fully saturated rings. The van der Waals surface area contributed by atoms with Gasteiger partial charge in [-0.25, -0.2) is 9.78 Å². The Morgan fingerprint density at radius 2 is 1.84 bits per heavy atom. The summed E-state index contributed by atoms with van der Waals surface area (Å²) in [6.45, 7) is 8.00. The standard InChI is InChI=1S/C22H30N4O4S/c1-6-30-22(29)20-16(10-14(2)3)13-31-21(20)25-19(28)12-26(5)11-18(27)24-17-9-7-8-15(4)23-17/h7-9,13-14H,6,10-12H2,1-5H3,(H,25,28)(H,23,24,27). The molecular weight excluding hydrogens is 416 g/mol. The van der Waals surface area contributed by atoms with Gasteiger partial charge in [-0.15, -0.1) is 11.3 Å². The highest BCUT2D eigenvalue weighted by molar-refractivity contribution is 7.15. The lowest BCUT2D eigenvalue weighted by molar-refractivity contribution is -0.119. The number of hydrogen-bond donors (Lipinski definition) is 2. The van der Waals surface area contributed by atoms with Crippen LogP contribution in [-0.4, -0.2) is 54.4 Å². The first kappa shape index (κ1) is 24.5. The van der Waals surface area contributed by atoms with Crippen LogP contribution in [0.2, 0.25) is 0 Å². The molecule has 0 spiro atoms. The average molecular weight is 447 g/mol. The first-order valence-electron chi connectivity index (χ1n) is 10.2. The lowest BCUT2D eigenvalue weighted by atomic mass is 10.0. The second kappa shape index (κ2) is 11.6. The fourth-order valence-electron chi connectivity index (χ4n) is 3.01. The molecule has 31 heavy (non-hydrogen) atoms. The van der Waals surface area contributed by atoms with E-state index in [1.165, 1.54) is 11.3 Å². The number of likely N-dealkylation sites (N-methyl/N-ethyl adjacent to an activating group) is 1. The van der Waals surface area contributed by atoms with Crippen molar-refractivity contribution in [3.05, 3.63) is 40.4 Å². The summed E-state index contributed by atoms with van der Waals surface area (Å²) in [5, 5.41) is 7.87. The highest BCUT2D eigenvalue weighted by Gasteiger charge is 2.22. The molecule has 0 unspecified atom stereocenters. The minimum Gasteiger partial charge on any atom is -0.462 e. The second-order valence-electron chi connectivity index (χ2n) is 7.72. The molecular formula is C22H30N4O4S. The van der Waals surface area contributed by atoms with Gasteiger partial charge in [0.1, 0.15) is 10.8 Å². The Morgan fingerprint density at radius 3 is 2.45 bits per heavy atom. The van der Waals surface area contributed by atoms with Crippen LogP contribution >= 0.6 is 11.3 Å². The number of rotatable bonds is 10. The van der Waals surface area contributed by atoms with E-state index < -0.39 is 5.97 Å². The molecule has 0 aliphatic rings.